The molecule has 1 saturated heterocycles. The summed E-state index contributed by atoms with van der Waals surface area (Å²) >= 11 is 2.10. The van der Waals surface area contributed by atoms with Crippen LogP contribution in [0.3, 0.4) is 0 Å². The van der Waals surface area contributed by atoms with E-state index in [4.69, 9.17) is 0 Å². The quantitative estimate of drug-likeness (QED) is 0.796. The first kappa shape index (κ1) is 12.7. The lowest BCUT2D eigenvalue weighted by Crippen LogP contribution is -2.54. The zero-order valence-corrected chi connectivity index (χ0v) is 12.0. The third-order valence-electron chi connectivity index (χ3n) is 4.85. The van der Waals surface area contributed by atoms with E-state index in [1.54, 1.807) is 0 Å². The lowest BCUT2D eigenvalue weighted by molar-refractivity contribution is 0.165. The van der Waals surface area contributed by atoms with Gasteiger partial charge in [-0.15, -0.1) is 0 Å². The van der Waals surface area contributed by atoms with Crippen LogP contribution in [0.1, 0.15) is 33.1 Å². The number of hydrogen-bond donors (Lipinski definition) is 1. The summed E-state index contributed by atoms with van der Waals surface area (Å²) in [5.41, 5.74) is 1.00. The minimum Gasteiger partial charge on any atom is -0.312 e. The lowest BCUT2D eigenvalue weighted by Gasteiger charge is -2.37. The first-order valence-electron chi connectivity index (χ1n) is 6.47. The molecule has 2 atom stereocenters. The Morgan fingerprint density at radius 3 is 2.44 bits per heavy atom. The van der Waals surface area contributed by atoms with Gasteiger partial charge in [0, 0.05) is 23.9 Å². The molecule has 0 aromatic rings. The van der Waals surface area contributed by atoms with Crippen LogP contribution in [0.2, 0.25) is 0 Å². The summed E-state index contributed by atoms with van der Waals surface area (Å²) < 4.78 is 0. The van der Waals surface area contributed by atoms with E-state index < -0.39 is 0 Å². The van der Waals surface area contributed by atoms with Gasteiger partial charge in [0.05, 0.1) is 0 Å². The summed E-state index contributed by atoms with van der Waals surface area (Å²) in [7, 11) is 4.47. The van der Waals surface area contributed by atoms with Crippen LogP contribution in [-0.4, -0.2) is 48.6 Å². The standard InChI is InChI=1S/C13H26N2S/c1-11(12(2)5-6-12)14-9-13(15(3)4)7-8-16-10-13/h11,14H,5-10H2,1-4H3. The monoisotopic (exact) mass is 242 g/mol. The number of thioether (sulfide) groups is 1. The van der Waals surface area contributed by atoms with Crippen LogP contribution in [0.5, 0.6) is 0 Å². The van der Waals surface area contributed by atoms with Crippen molar-refractivity contribution >= 4 is 11.8 Å². The van der Waals surface area contributed by atoms with Crippen molar-refractivity contribution < 1.29 is 0 Å². The Balaban J connectivity index is 1.87. The van der Waals surface area contributed by atoms with Gasteiger partial charge in [0.2, 0.25) is 0 Å². The van der Waals surface area contributed by atoms with Gasteiger partial charge in [0.15, 0.2) is 0 Å². The molecule has 94 valence electrons. The third kappa shape index (κ3) is 2.41. The highest BCUT2D eigenvalue weighted by Gasteiger charge is 2.44. The number of nitrogens with zero attached hydrogens (tertiary/aromatic N) is 1. The topological polar surface area (TPSA) is 15.3 Å². The van der Waals surface area contributed by atoms with Gasteiger partial charge in [0.1, 0.15) is 0 Å². The summed E-state index contributed by atoms with van der Waals surface area (Å²) in [6, 6.07) is 0.676. The number of rotatable bonds is 5. The van der Waals surface area contributed by atoms with E-state index in [1.807, 2.05) is 0 Å². The minimum absolute atomic E-state index is 0.407. The van der Waals surface area contributed by atoms with Crippen molar-refractivity contribution in [1.82, 2.24) is 10.2 Å². The predicted octanol–water partition coefficient (Wildman–Crippen LogP) is 2.20. The van der Waals surface area contributed by atoms with E-state index in [2.05, 4.69) is 49.9 Å². The fraction of sp³-hybridized carbons (Fsp3) is 1.00. The summed E-state index contributed by atoms with van der Waals surface area (Å²) in [4.78, 5) is 2.43. The maximum atomic E-state index is 3.79. The Morgan fingerprint density at radius 2 is 2.00 bits per heavy atom. The molecule has 2 aliphatic rings. The average Bonchev–Trinajstić information content (AvgIpc) is 2.83. The Hall–Kier alpha value is 0.270. The van der Waals surface area contributed by atoms with Crippen LogP contribution in [-0.2, 0) is 0 Å². The van der Waals surface area contributed by atoms with Gasteiger partial charge in [-0.1, -0.05) is 6.92 Å². The number of hydrogen-bond acceptors (Lipinski definition) is 3. The molecule has 3 heteroatoms. The molecule has 1 saturated carbocycles. The molecule has 1 N–H and O–H groups in total. The van der Waals surface area contributed by atoms with Crippen LogP contribution < -0.4 is 5.32 Å². The van der Waals surface area contributed by atoms with Crippen LogP contribution in [0.4, 0.5) is 0 Å². The van der Waals surface area contributed by atoms with Crippen molar-refractivity contribution in [2.24, 2.45) is 5.41 Å². The molecular formula is C13H26N2S. The minimum atomic E-state index is 0.407. The van der Waals surface area contributed by atoms with E-state index >= 15 is 0 Å². The van der Waals surface area contributed by atoms with Crippen molar-refractivity contribution in [3.05, 3.63) is 0 Å². The Labute approximate surface area is 105 Å². The molecule has 0 bridgehead atoms. The highest BCUT2D eigenvalue weighted by atomic mass is 32.2. The van der Waals surface area contributed by atoms with Crippen molar-refractivity contribution in [2.45, 2.75) is 44.7 Å². The summed E-state index contributed by atoms with van der Waals surface area (Å²) in [5, 5.41) is 3.79. The highest BCUT2D eigenvalue weighted by Crippen LogP contribution is 2.48. The fourth-order valence-corrected chi connectivity index (χ4v) is 4.02. The molecule has 0 spiro atoms. The molecule has 2 unspecified atom stereocenters. The largest absolute Gasteiger partial charge is 0.312 e. The van der Waals surface area contributed by atoms with Crippen molar-refractivity contribution in [3.8, 4) is 0 Å². The van der Waals surface area contributed by atoms with Gasteiger partial charge in [-0.05, 0) is 51.4 Å². The Bertz CT molecular complexity index is 242. The smallest absolute Gasteiger partial charge is 0.0425 e. The molecule has 0 aromatic heterocycles. The normalized spacial score (nSPS) is 34.3. The third-order valence-corrected chi connectivity index (χ3v) is 6.09. The zero-order valence-electron chi connectivity index (χ0n) is 11.2. The van der Waals surface area contributed by atoms with Crippen molar-refractivity contribution in [2.75, 3.05) is 32.1 Å². The molecule has 2 rings (SSSR count). The van der Waals surface area contributed by atoms with Crippen molar-refractivity contribution in [1.29, 1.82) is 0 Å². The molecule has 0 amide bonds. The van der Waals surface area contributed by atoms with E-state index in [9.17, 15) is 0 Å². The summed E-state index contributed by atoms with van der Waals surface area (Å²) in [6.07, 6.45) is 4.15. The fourth-order valence-electron chi connectivity index (χ4n) is 2.47. The average molecular weight is 242 g/mol. The van der Waals surface area contributed by atoms with E-state index in [0.717, 1.165) is 6.54 Å². The molecular weight excluding hydrogens is 216 g/mol. The van der Waals surface area contributed by atoms with Crippen LogP contribution in [0, 0.1) is 5.41 Å². The predicted molar refractivity (Wildman–Crippen MR) is 73.2 cm³/mol. The Kier molecular flexibility index (Phi) is 3.58. The molecule has 2 fully saturated rings. The maximum Gasteiger partial charge on any atom is 0.0425 e. The van der Waals surface area contributed by atoms with Crippen molar-refractivity contribution in [3.63, 3.8) is 0 Å². The maximum absolute atomic E-state index is 3.79. The first-order valence-corrected chi connectivity index (χ1v) is 7.63. The van der Waals surface area contributed by atoms with E-state index in [1.165, 1.54) is 30.8 Å². The van der Waals surface area contributed by atoms with Crippen LogP contribution in [0.15, 0.2) is 0 Å². The van der Waals surface area contributed by atoms with Gasteiger partial charge < -0.3 is 10.2 Å². The van der Waals surface area contributed by atoms with Crippen LogP contribution in [0.25, 0.3) is 0 Å². The second-order valence-electron chi connectivity index (χ2n) is 6.18. The highest BCUT2D eigenvalue weighted by molar-refractivity contribution is 7.99. The molecule has 1 aliphatic carbocycles. The molecule has 16 heavy (non-hydrogen) atoms. The molecule has 1 aliphatic heterocycles. The van der Waals surface area contributed by atoms with E-state index in [0.29, 0.717) is 17.0 Å². The lowest BCUT2D eigenvalue weighted by atomic mass is 9.94. The molecule has 0 radical (unpaired) electrons. The van der Waals surface area contributed by atoms with E-state index in [-0.39, 0.29) is 0 Å². The van der Waals surface area contributed by atoms with Gasteiger partial charge in [-0.25, -0.2) is 0 Å². The molecule has 0 aromatic carbocycles. The molecule has 1 heterocycles. The van der Waals surface area contributed by atoms with Crippen LogP contribution >= 0.6 is 11.8 Å². The van der Waals surface area contributed by atoms with Gasteiger partial charge >= 0.3 is 0 Å². The van der Waals surface area contributed by atoms with Gasteiger partial charge in [0.25, 0.3) is 0 Å². The number of likely N-dealkylation sites (N-methyl/N-ethyl adjacent to an activating group) is 1. The zero-order chi connectivity index (χ0) is 11.8. The first-order chi connectivity index (χ1) is 7.49. The number of nitrogens with one attached hydrogen (secondary N) is 1. The Morgan fingerprint density at radius 1 is 1.31 bits per heavy atom. The second kappa shape index (κ2) is 4.51. The summed E-state index contributed by atoms with van der Waals surface area (Å²) in [6.45, 7) is 5.93. The van der Waals surface area contributed by atoms with Gasteiger partial charge in [-0.2, -0.15) is 11.8 Å². The molecule has 2 nitrogen and oxygen atoms in total. The second-order valence-corrected chi connectivity index (χ2v) is 7.28. The van der Waals surface area contributed by atoms with Gasteiger partial charge in [-0.3, -0.25) is 0 Å². The SMILES string of the molecule is CC(NCC1(N(C)C)CCSC1)C1(C)CC1. The summed E-state index contributed by atoms with van der Waals surface area (Å²) in [5.74, 6) is 2.61.